The first kappa shape index (κ1) is 19.2. The average molecular weight is 396 g/mol. The molecular formula is C23H24O6. The topological polar surface area (TPSA) is 67.1 Å². The Morgan fingerprint density at radius 2 is 1.66 bits per heavy atom. The SMILES string of the molecule is COc1ccc(-c2cc(=O)c3c(OC)cc4c(c3o2)CCC(C)(C)O4)cc1OC. The van der Waals surface area contributed by atoms with Crippen LogP contribution in [0.25, 0.3) is 22.3 Å². The van der Waals surface area contributed by atoms with Gasteiger partial charge in [0.2, 0.25) is 0 Å². The molecular weight excluding hydrogens is 372 g/mol. The third-order valence-electron chi connectivity index (χ3n) is 5.28. The highest BCUT2D eigenvalue weighted by atomic mass is 16.5. The molecule has 0 amide bonds. The van der Waals surface area contributed by atoms with Crippen LogP contribution < -0.4 is 24.4 Å². The predicted molar refractivity (Wildman–Crippen MR) is 111 cm³/mol. The lowest BCUT2D eigenvalue weighted by Gasteiger charge is -2.33. The minimum atomic E-state index is -0.285. The molecule has 2 aromatic carbocycles. The molecule has 1 aliphatic rings. The van der Waals surface area contributed by atoms with Crippen molar-refractivity contribution in [2.45, 2.75) is 32.3 Å². The van der Waals surface area contributed by atoms with E-state index in [-0.39, 0.29) is 11.0 Å². The van der Waals surface area contributed by atoms with E-state index in [1.165, 1.54) is 13.2 Å². The van der Waals surface area contributed by atoms with Gasteiger partial charge in [0.1, 0.15) is 33.8 Å². The number of benzene rings is 2. The van der Waals surface area contributed by atoms with Crippen molar-refractivity contribution in [3.8, 4) is 34.3 Å². The normalized spacial score (nSPS) is 14.8. The van der Waals surface area contributed by atoms with Gasteiger partial charge in [-0.25, -0.2) is 0 Å². The zero-order valence-electron chi connectivity index (χ0n) is 17.3. The molecule has 6 heteroatoms. The highest BCUT2D eigenvalue weighted by Gasteiger charge is 2.30. The molecule has 152 valence electrons. The molecule has 0 N–H and O–H groups in total. The van der Waals surface area contributed by atoms with Crippen LogP contribution in [0.15, 0.2) is 39.5 Å². The van der Waals surface area contributed by atoms with Crippen molar-refractivity contribution >= 4 is 11.0 Å². The Bertz CT molecular complexity index is 1140. The molecule has 4 rings (SSSR count). The maximum absolute atomic E-state index is 13.0. The summed E-state index contributed by atoms with van der Waals surface area (Å²) in [6.07, 6.45) is 1.58. The van der Waals surface area contributed by atoms with Crippen LogP contribution >= 0.6 is 0 Å². The van der Waals surface area contributed by atoms with E-state index in [4.69, 9.17) is 23.4 Å². The summed E-state index contributed by atoms with van der Waals surface area (Å²) in [6, 6.07) is 8.66. The minimum absolute atomic E-state index is 0.166. The van der Waals surface area contributed by atoms with Gasteiger partial charge in [-0.05, 0) is 44.9 Å². The Balaban J connectivity index is 1.96. The molecule has 0 saturated carbocycles. The highest BCUT2D eigenvalue weighted by molar-refractivity contribution is 5.90. The van der Waals surface area contributed by atoms with E-state index in [1.807, 2.05) is 19.9 Å². The third kappa shape index (κ3) is 3.28. The summed E-state index contributed by atoms with van der Waals surface area (Å²) in [6.45, 7) is 4.09. The van der Waals surface area contributed by atoms with Crippen molar-refractivity contribution in [1.82, 2.24) is 0 Å². The zero-order valence-corrected chi connectivity index (χ0v) is 17.3. The fourth-order valence-electron chi connectivity index (χ4n) is 3.72. The van der Waals surface area contributed by atoms with Crippen LogP contribution in [0.3, 0.4) is 0 Å². The van der Waals surface area contributed by atoms with Gasteiger partial charge in [-0.2, -0.15) is 0 Å². The van der Waals surface area contributed by atoms with E-state index >= 15 is 0 Å². The van der Waals surface area contributed by atoms with Gasteiger partial charge in [0, 0.05) is 23.3 Å². The van der Waals surface area contributed by atoms with Crippen LogP contribution in [-0.2, 0) is 6.42 Å². The van der Waals surface area contributed by atoms with Crippen molar-refractivity contribution < 1.29 is 23.4 Å². The summed E-state index contributed by atoms with van der Waals surface area (Å²) in [7, 11) is 4.68. The van der Waals surface area contributed by atoms with Crippen LogP contribution in [0.2, 0.25) is 0 Å². The van der Waals surface area contributed by atoms with E-state index in [0.717, 1.165) is 24.0 Å². The molecule has 0 saturated heterocycles. The molecule has 0 bridgehead atoms. The van der Waals surface area contributed by atoms with Crippen molar-refractivity contribution in [2.24, 2.45) is 0 Å². The molecule has 3 aromatic rings. The number of ether oxygens (including phenoxy) is 4. The Morgan fingerprint density at radius 1 is 0.931 bits per heavy atom. The van der Waals surface area contributed by atoms with E-state index in [2.05, 4.69) is 0 Å². The van der Waals surface area contributed by atoms with Gasteiger partial charge >= 0.3 is 0 Å². The van der Waals surface area contributed by atoms with E-state index in [0.29, 0.717) is 39.7 Å². The number of methoxy groups -OCH3 is 3. The summed E-state index contributed by atoms with van der Waals surface area (Å²) >= 11 is 0. The van der Waals surface area contributed by atoms with Gasteiger partial charge in [0.15, 0.2) is 16.9 Å². The summed E-state index contributed by atoms with van der Waals surface area (Å²) in [5, 5.41) is 0.429. The maximum Gasteiger partial charge on any atom is 0.197 e. The Labute approximate surface area is 169 Å². The van der Waals surface area contributed by atoms with Gasteiger partial charge in [-0.3, -0.25) is 4.79 Å². The lowest BCUT2D eigenvalue weighted by atomic mass is 9.92. The molecule has 2 heterocycles. The van der Waals surface area contributed by atoms with Crippen LogP contribution in [0.5, 0.6) is 23.0 Å². The average Bonchev–Trinajstić information content (AvgIpc) is 2.71. The largest absolute Gasteiger partial charge is 0.496 e. The lowest BCUT2D eigenvalue weighted by Crippen LogP contribution is -2.32. The monoisotopic (exact) mass is 396 g/mol. The second kappa shape index (κ2) is 7.03. The molecule has 0 unspecified atom stereocenters. The first-order valence-electron chi connectivity index (χ1n) is 9.46. The molecule has 0 fully saturated rings. The Kier molecular flexibility index (Phi) is 4.65. The lowest BCUT2D eigenvalue weighted by molar-refractivity contribution is 0.0846. The van der Waals surface area contributed by atoms with Gasteiger partial charge in [0.25, 0.3) is 0 Å². The van der Waals surface area contributed by atoms with E-state index in [1.54, 1.807) is 32.4 Å². The summed E-state index contributed by atoms with van der Waals surface area (Å²) < 4.78 is 28.6. The van der Waals surface area contributed by atoms with Crippen LogP contribution in [0, 0.1) is 0 Å². The number of hydrogen-bond acceptors (Lipinski definition) is 6. The zero-order chi connectivity index (χ0) is 20.8. The highest BCUT2D eigenvalue weighted by Crippen LogP contribution is 2.42. The number of fused-ring (bicyclic) bond motifs is 3. The van der Waals surface area contributed by atoms with Crippen LogP contribution in [0.1, 0.15) is 25.8 Å². The maximum atomic E-state index is 13.0. The fourth-order valence-corrected chi connectivity index (χ4v) is 3.72. The summed E-state index contributed by atoms with van der Waals surface area (Å²) in [4.78, 5) is 13.0. The molecule has 0 aliphatic carbocycles. The quantitative estimate of drug-likeness (QED) is 0.643. The summed E-state index contributed by atoms with van der Waals surface area (Å²) in [5.74, 6) is 2.76. The molecule has 6 nitrogen and oxygen atoms in total. The standard InChI is InChI=1S/C23H24O6/c1-23(2)9-8-14-18(29-23)12-20(27-5)21-15(24)11-17(28-22(14)21)13-6-7-16(25-3)19(10-13)26-4/h6-7,10-12H,8-9H2,1-5H3. The molecule has 1 aliphatic heterocycles. The van der Waals surface area contributed by atoms with Gasteiger partial charge in [-0.1, -0.05) is 0 Å². The van der Waals surface area contributed by atoms with Crippen molar-refractivity contribution in [3.05, 3.63) is 46.1 Å². The smallest absolute Gasteiger partial charge is 0.197 e. The Hall–Kier alpha value is -3.15. The van der Waals surface area contributed by atoms with Crippen molar-refractivity contribution in [3.63, 3.8) is 0 Å². The summed E-state index contributed by atoms with van der Waals surface area (Å²) in [5.41, 5.74) is 1.66. The van der Waals surface area contributed by atoms with E-state index in [9.17, 15) is 4.79 Å². The molecule has 1 aromatic heterocycles. The van der Waals surface area contributed by atoms with E-state index < -0.39 is 0 Å². The molecule has 29 heavy (non-hydrogen) atoms. The van der Waals surface area contributed by atoms with Gasteiger partial charge in [-0.15, -0.1) is 0 Å². The third-order valence-corrected chi connectivity index (χ3v) is 5.28. The first-order valence-corrected chi connectivity index (χ1v) is 9.46. The second-order valence-corrected chi connectivity index (χ2v) is 7.67. The molecule has 0 atom stereocenters. The minimum Gasteiger partial charge on any atom is -0.496 e. The number of aryl methyl sites for hydroxylation is 1. The fraction of sp³-hybridized carbons (Fsp3) is 0.348. The second-order valence-electron chi connectivity index (χ2n) is 7.67. The van der Waals surface area contributed by atoms with Gasteiger partial charge < -0.3 is 23.4 Å². The molecule has 0 radical (unpaired) electrons. The predicted octanol–water partition coefficient (Wildman–Crippen LogP) is 4.59. The number of rotatable bonds is 4. The number of hydrogen-bond donors (Lipinski definition) is 0. The van der Waals surface area contributed by atoms with Crippen LogP contribution in [0.4, 0.5) is 0 Å². The van der Waals surface area contributed by atoms with Crippen molar-refractivity contribution in [2.75, 3.05) is 21.3 Å². The first-order chi connectivity index (χ1) is 13.9. The Morgan fingerprint density at radius 3 is 2.34 bits per heavy atom. The van der Waals surface area contributed by atoms with Gasteiger partial charge in [0.05, 0.1) is 21.3 Å². The van der Waals surface area contributed by atoms with Crippen LogP contribution in [-0.4, -0.2) is 26.9 Å². The van der Waals surface area contributed by atoms with Crippen molar-refractivity contribution in [1.29, 1.82) is 0 Å². The molecule has 0 spiro atoms.